The molecule has 33 heavy (non-hydrogen) atoms. The summed E-state index contributed by atoms with van der Waals surface area (Å²) < 4.78 is 65.7. The minimum atomic E-state index is -4.96. The maximum Gasteiger partial charge on any atom is 0.431 e. The Morgan fingerprint density at radius 3 is 2.30 bits per heavy atom. The Bertz CT molecular complexity index is 1260. The van der Waals surface area contributed by atoms with Gasteiger partial charge in [0.15, 0.2) is 0 Å². The number of nitrogens with zero attached hydrogens (tertiary/aromatic N) is 2. The first-order valence-corrected chi connectivity index (χ1v) is 10.5. The second kappa shape index (κ2) is 7.61. The van der Waals surface area contributed by atoms with Crippen LogP contribution < -0.4 is 16.0 Å². The molecule has 2 aliphatic carbocycles. The van der Waals surface area contributed by atoms with Gasteiger partial charge in [0, 0.05) is 19.2 Å². The maximum absolute atomic E-state index is 14.7. The third-order valence-electron chi connectivity index (χ3n) is 6.15. The van der Waals surface area contributed by atoms with Gasteiger partial charge < -0.3 is 9.47 Å². The van der Waals surface area contributed by atoms with E-state index >= 15 is 0 Å². The predicted molar refractivity (Wildman–Crippen MR) is 108 cm³/mol. The van der Waals surface area contributed by atoms with Crippen LogP contribution in [-0.4, -0.2) is 27.3 Å². The van der Waals surface area contributed by atoms with Crippen molar-refractivity contribution in [3.8, 4) is 11.4 Å². The minimum absolute atomic E-state index is 0.102. The van der Waals surface area contributed by atoms with Gasteiger partial charge in [-0.05, 0) is 38.7 Å². The SMILES string of the molecule is CCOC(=O)C1(C2(Oc3cc(-n4c(=O)cc(C(F)(F)F)n(C)c4=O)c(F)cc3Cl)CC2)CC1. The monoisotopic (exact) mass is 490 g/mol. The van der Waals surface area contributed by atoms with Gasteiger partial charge in [-0.15, -0.1) is 0 Å². The van der Waals surface area contributed by atoms with Crippen LogP contribution in [0.1, 0.15) is 38.3 Å². The molecule has 0 amide bonds. The lowest BCUT2D eigenvalue weighted by Crippen LogP contribution is -2.41. The van der Waals surface area contributed by atoms with Crippen LogP contribution in [0.2, 0.25) is 5.02 Å². The largest absolute Gasteiger partial charge is 0.484 e. The van der Waals surface area contributed by atoms with Crippen LogP contribution in [-0.2, 0) is 22.8 Å². The highest BCUT2D eigenvalue weighted by Crippen LogP contribution is 2.66. The highest BCUT2D eigenvalue weighted by Gasteiger charge is 2.73. The van der Waals surface area contributed by atoms with Crippen LogP contribution in [0.3, 0.4) is 0 Å². The number of benzene rings is 1. The summed E-state index contributed by atoms with van der Waals surface area (Å²) in [5.74, 6) is -1.62. The lowest BCUT2D eigenvalue weighted by Gasteiger charge is -2.27. The molecular weight excluding hydrogens is 472 g/mol. The van der Waals surface area contributed by atoms with E-state index in [9.17, 15) is 31.9 Å². The van der Waals surface area contributed by atoms with Gasteiger partial charge >= 0.3 is 17.8 Å². The molecular formula is C21H19ClF4N2O5. The molecule has 0 saturated heterocycles. The van der Waals surface area contributed by atoms with Gasteiger partial charge in [0.2, 0.25) is 0 Å². The average molecular weight is 491 g/mol. The van der Waals surface area contributed by atoms with Crippen molar-refractivity contribution in [3.05, 3.63) is 55.6 Å². The average Bonchev–Trinajstić information content (AvgIpc) is 3.62. The van der Waals surface area contributed by atoms with E-state index in [-0.39, 0.29) is 32.6 Å². The number of carbonyl (C=O) groups excluding carboxylic acids is 1. The maximum atomic E-state index is 14.7. The number of rotatable bonds is 6. The van der Waals surface area contributed by atoms with E-state index in [1.807, 2.05) is 0 Å². The van der Waals surface area contributed by atoms with Crippen LogP contribution in [0.25, 0.3) is 5.69 Å². The quantitative estimate of drug-likeness (QED) is 0.456. The van der Waals surface area contributed by atoms with E-state index in [0.29, 0.717) is 25.7 Å². The number of hydrogen-bond donors (Lipinski definition) is 0. The zero-order valence-corrected chi connectivity index (χ0v) is 18.3. The van der Waals surface area contributed by atoms with Crippen molar-refractivity contribution in [1.82, 2.24) is 9.13 Å². The molecule has 2 saturated carbocycles. The second-order valence-electron chi connectivity index (χ2n) is 8.18. The molecule has 0 radical (unpaired) electrons. The fraction of sp³-hybridized carbons (Fsp3) is 0.476. The molecule has 7 nitrogen and oxygen atoms in total. The molecule has 1 aromatic heterocycles. The summed E-state index contributed by atoms with van der Waals surface area (Å²) in [4.78, 5) is 37.4. The molecule has 4 rings (SSSR count). The molecule has 2 aromatic rings. The fourth-order valence-electron chi connectivity index (χ4n) is 4.13. The van der Waals surface area contributed by atoms with Gasteiger partial charge in [-0.25, -0.2) is 13.8 Å². The van der Waals surface area contributed by atoms with E-state index in [0.717, 1.165) is 19.2 Å². The first kappa shape index (κ1) is 23.3. The molecule has 2 aliphatic rings. The molecule has 0 bridgehead atoms. The van der Waals surface area contributed by atoms with Crippen molar-refractivity contribution in [2.45, 2.75) is 44.4 Å². The number of esters is 1. The van der Waals surface area contributed by atoms with Crippen LogP contribution in [0, 0.1) is 11.2 Å². The van der Waals surface area contributed by atoms with Crippen molar-refractivity contribution in [2.75, 3.05) is 6.61 Å². The van der Waals surface area contributed by atoms with Gasteiger partial charge in [-0.1, -0.05) is 11.6 Å². The molecule has 0 spiro atoms. The Hall–Kier alpha value is -2.82. The number of hydrogen-bond acceptors (Lipinski definition) is 5. The van der Waals surface area contributed by atoms with Crippen molar-refractivity contribution in [2.24, 2.45) is 12.5 Å². The lowest BCUT2D eigenvalue weighted by atomic mass is 9.96. The summed E-state index contributed by atoms with van der Waals surface area (Å²) in [6.45, 7) is 1.87. The van der Waals surface area contributed by atoms with Crippen LogP contribution in [0.4, 0.5) is 17.6 Å². The number of ether oxygens (including phenoxy) is 2. The standard InChI is InChI=1S/C21H19ClF4N2O5/c1-3-32-17(30)19(4-5-19)20(6-7-20)33-14-9-13(12(23)8-11(14)22)28-16(29)10-15(21(24,25)26)27(2)18(28)31/h8-10H,3-7H2,1-2H3. The number of alkyl halides is 3. The zero-order valence-electron chi connectivity index (χ0n) is 17.6. The molecule has 2 fully saturated rings. The van der Waals surface area contributed by atoms with Gasteiger partial charge in [0.25, 0.3) is 5.56 Å². The Balaban J connectivity index is 1.78. The molecule has 0 atom stereocenters. The number of halogens is 5. The molecule has 178 valence electrons. The van der Waals surface area contributed by atoms with E-state index in [4.69, 9.17) is 21.1 Å². The molecule has 0 N–H and O–H groups in total. The Morgan fingerprint density at radius 1 is 1.15 bits per heavy atom. The van der Waals surface area contributed by atoms with Crippen molar-refractivity contribution in [3.63, 3.8) is 0 Å². The first-order chi connectivity index (χ1) is 15.4. The van der Waals surface area contributed by atoms with Crippen molar-refractivity contribution < 1.29 is 31.8 Å². The highest BCUT2D eigenvalue weighted by atomic mass is 35.5. The predicted octanol–water partition coefficient (Wildman–Crippen LogP) is 3.60. The fourth-order valence-corrected chi connectivity index (χ4v) is 4.32. The third kappa shape index (κ3) is 3.71. The van der Waals surface area contributed by atoms with E-state index in [2.05, 4.69) is 0 Å². The summed E-state index contributed by atoms with van der Waals surface area (Å²) in [5, 5.41) is -0.182. The van der Waals surface area contributed by atoms with E-state index in [1.54, 1.807) is 6.92 Å². The number of aromatic nitrogens is 2. The zero-order chi connectivity index (χ0) is 24.3. The smallest absolute Gasteiger partial charge is 0.431 e. The van der Waals surface area contributed by atoms with Crippen LogP contribution >= 0.6 is 11.6 Å². The summed E-state index contributed by atoms with van der Waals surface area (Å²) in [7, 11) is 0.821. The molecule has 12 heteroatoms. The highest BCUT2D eigenvalue weighted by molar-refractivity contribution is 6.32. The summed E-state index contributed by atoms with van der Waals surface area (Å²) in [6, 6.07) is 1.99. The third-order valence-corrected chi connectivity index (χ3v) is 6.45. The molecule has 1 heterocycles. The van der Waals surface area contributed by atoms with Gasteiger partial charge in [0.05, 0.1) is 17.3 Å². The Labute approximate surface area is 189 Å². The van der Waals surface area contributed by atoms with E-state index in [1.165, 1.54) is 0 Å². The summed E-state index contributed by atoms with van der Waals surface area (Å²) in [6.07, 6.45) is -2.86. The van der Waals surface area contributed by atoms with Crippen molar-refractivity contribution in [1.29, 1.82) is 0 Å². The van der Waals surface area contributed by atoms with Crippen LogP contribution in [0.15, 0.2) is 27.8 Å². The first-order valence-electron chi connectivity index (χ1n) is 10.1. The Kier molecular flexibility index (Phi) is 5.38. The minimum Gasteiger partial charge on any atom is -0.484 e. The normalized spacial score (nSPS) is 18.0. The van der Waals surface area contributed by atoms with Crippen molar-refractivity contribution >= 4 is 17.6 Å². The number of carbonyl (C=O) groups is 1. The van der Waals surface area contributed by atoms with Gasteiger partial charge in [-0.2, -0.15) is 13.2 Å². The topological polar surface area (TPSA) is 79.5 Å². The molecule has 0 unspecified atom stereocenters. The van der Waals surface area contributed by atoms with Gasteiger partial charge in [0.1, 0.15) is 28.3 Å². The second-order valence-corrected chi connectivity index (χ2v) is 8.58. The lowest BCUT2D eigenvalue weighted by molar-refractivity contribution is -0.155. The molecule has 0 aliphatic heterocycles. The van der Waals surface area contributed by atoms with E-state index < -0.39 is 51.6 Å². The Morgan fingerprint density at radius 2 is 1.79 bits per heavy atom. The van der Waals surface area contributed by atoms with Crippen LogP contribution in [0.5, 0.6) is 5.75 Å². The summed E-state index contributed by atoms with van der Waals surface area (Å²) >= 11 is 6.13. The summed E-state index contributed by atoms with van der Waals surface area (Å²) in [5.41, 5.74) is -6.64. The molecule has 1 aromatic carbocycles. The van der Waals surface area contributed by atoms with Gasteiger partial charge in [-0.3, -0.25) is 14.2 Å².